The van der Waals surface area contributed by atoms with Gasteiger partial charge in [0.05, 0.1) is 55.8 Å². The molecule has 66 heavy (non-hydrogen) atoms. The van der Waals surface area contributed by atoms with E-state index in [1.807, 2.05) is 43.9 Å². The van der Waals surface area contributed by atoms with Crippen molar-refractivity contribution in [3.05, 3.63) is 102 Å². The van der Waals surface area contributed by atoms with Crippen molar-refractivity contribution >= 4 is 45.8 Å². The Labute approximate surface area is 383 Å². The van der Waals surface area contributed by atoms with E-state index in [9.17, 15) is 19.2 Å². The topological polar surface area (TPSA) is 193 Å². The first-order chi connectivity index (χ1) is 31.8. The summed E-state index contributed by atoms with van der Waals surface area (Å²) in [4.78, 5) is 73.3. The Bertz CT molecular complexity index is 2740. The van der Waals surface area contributed by atoms with Crippen molar-refractivity contribution in [3.8, 4) is 28.1 Å². The lowest BCUT2D eigenvalue weighted by Crippen LogP contribution is -2.51. The molecule has 6 atom stereocenters. The van der Waals surface area contributed by atoms with Crippen LogP contribution in [0.3, 0.4) is 0 Å². The molecular weight excluding hydrogens is 841 g/mol. The predicted molar refractivity (Wildman–Crippen MR) is 250 cm³/mol. The molecule has 8 rings (SSSR count). The molecule has 4 N–H and O–H groups in total. The van der Waals surface area contributed by atoms with Crippen molar-refractivity contribution in [2.75, 3.05) is 41.0 Å². The number of amides is 4. The van der Waals surface area contributed by atoms with E-state index in [0.29, 0.717) is 56.4 Å². The van der Waals surface area contributed by atoms with E-state index in [0.717, 1.165) is 55.5 Å². The fourth-order valence-corrected chi connectivity index (χ4v) is 9.54. The summed E-state index contributed by atoms with van der Waals surface area (Å²) in [6.45, 7) is 13.7. The monoisotopic (exact) mass is 898 g/mol. The molecule has 346 valence electrons. The highest BCUT2D eigenvalue weighted by Gasteiger charge is 2.42. The van der Waals surface area contributed by atoms with Gasteiger partial charge in [-0.2, -0.15) is 0 Å². The Hall–Kier alpha value is -6.94. The number of nitrogens with one attached hydrogen (secondary N) is 4. The number of carbonyl (C=O) groups excluding carboxylic acids is 4. The summed E-state index contributed by atoms with van der Waals surface area (Å²) in [6.07, 6.45) is 8.94. The van der Waals surface area contributed by atoms with E-state index in [1.54, 1.807) is 30.4 Å². The Kier molecular flexibility index (Phi) is 13.3. The molecule has 16 nitrogen and oxygen atoms in total. The van der Waals surface area contributed by atoms with Crippen molar-refractivity contribution in [1.82, 2.24) is 40.4 Å². The summed E-state index contributed by atoms with van der Waals surface area (Å²) in [5, 5.41) is 7.35. The first-order valence-electron chi connectivity index (χ1n) is 22.4. The molecule has 5 aromatic rings. The number of aromatic amines is 2. The number of benzene rings is 3. The highest BCUT2D eigenvalue weighted by atomic mass is 16.5. The average Bonchev–Trinajstić information content (AvgIpc) is 4.14. The molecule has 0 aliphatic carbocycles. The maximum atomic E-state index is 14.1. The van der Waals surface area contributed by atoms with Gasteiger partial charge in [-0.05, 0) is 83.5 Å². The lowest BCUT2D eigenvalue weighted by Gasteiger charge is -2.30. The van der Waals surface area contributed by atoms with Gasteiger partial charge >= 0.3 is 12.2 Å². The zero-order valence-corrected chi connectivity index (χ0v) is 38.5. The van der Waals surface area contributed by atoms with Gasteiger partial charge in [0.25, 0.3) is 5.91 Å². The molecule has 3 aliphatic rings. The van der Waals surface area contributed by atoms with Crippen LogP contribution in [0.5, 0.6) is 5.75 Å². The smallest absolute Gasteiger partial charge is 0.407 e. The lowest BCUT2D eigenvalue weighted by molar-refractivity contribution is -0.135. The van der Waals surface area contributed by atoms with Crippen LogP contribution in [0.1, 0.15) is 69.8 Å². The number of hydrogen-bond donors (Lipinski definition) is 4. The third kappa shape index (κ3) is 9.01. The summed E-state index contributed by atoms with van der Waals surface area (Å²) in [6, 6.07) is 12.1. The van der Waals surface area contributed by atoms with Crippen LogP contribution in [-0.2, 0) is 30.4 Å². The van der Waals surface area contributed by atoms with E-state index in [2.05, 4.69) is 70.5 Å². The number of methoxy groups -OCH3 is 3. The Morgan fingerprint density at radius 2 is 1.67 bits per heavy atom. The van der Waals surface area contributed by atoms with E-state index < -0.39 is 24.3 Å². The van der Waals surface area contributed by atoms with E-state index in [-0.39, 0.29) is 41.7 Å². The number of allylic oxidation sites excluding steroid dienone is 3. The van der Waals surface area contributed by atoms with Gasteiger partial charge in [-0.1, -0.05) is 69.9 Å². The Morgan fingerprint density at radius 1 is 0.909 bits per heavy atom. The number of likely N-dealkylation sites (tertiary alicyclic amines) is 2. The van der Waals surface area contributed by atoms with Gasteiger partial charge < -0.3 is 49.3 Å². The molecule has 0 spiro atoms. The van der Waals surface area contributed by atoms with Gasteiger partial charge in [-0.3, -0.25) is 9.59 Å². The van der Waals surface area contributed by atoms with Gasteiger partial charge in [0.1, 0.15) is 36.1 Å². The molecule has 0 bridgehead atoms. The lowest BCUT2D eigenvalue weighted by atomic mass is 9.92. The summed E-state index contributed by atoms with van der Waals surface area (Å²) in [5.41, 5.74) is 6.83. The molecule has 2 saturated heterocycles. The number of H-pyrrole nitrogens is 2. The summed E-state index contributed by atoms with van der Waals surface area (Å²) in [7, 11) is 4.20. The Morgan fingerprint density at radius 3 is 2.41 bits per heavy atom. The molecule has 0 radical (unpaired) electrons. The number of ether oxygens (including phenoxy) is 4. The number of hydrogen-bond acceptors (Lipinski definition) is 10. The van der Waals surface area contributed by atoms with Crippen molar-refractivity contribution < 1.29 is 38.1 Å². The van der Waals surface area contributed by atoms with Crippen LogP contribution in [0.2, 0.25) is 0 Å². The van der Waals surface area contributed by atoms with Crippen LogP contribution in [0, 0.1) is 17.8 Å². The normalized spacial score (nSPS) is 20.1. The number of carbonyl (C=O) groups is 4. The van der Waals surface area contributed by atoms with Crippen LogP contribution in [0.4, 0.5) is 9.59 Å². The molecule has 16 heteroatoms. The zero-order chi connectivity index (χ0) is 46.8. The third-order valence-corrected chi connectivity index (χ3v) is 12.8. The third-order valence-electron chi connectivity index (χ3n) is 12.8. The van der Waals surface area contributed by atoms with Crippen molar-refractivity contribution in [2.45, 2.75) is 71.3 Å². The average molecular weight is 899 g/mol. The fraction of sp³-hybridized carbons (Fsp3) is 0.400. The van der Waals surface area contributed by atoms with E-state index >= 15 is 0 Å². The van der Waals surface area contributed by atoms with Crippen LogP contribution in [-0.4, -0.2) is 107 Å². The van der Waals surface area contributed by atoms with Crippen LogP contribution in [0.15, 0.2) is 85.1 Å². The van der Waals surface area contributed by atoms with Gasteiger partial charge in [0.15, 0.2) is 0 Å². The quantitative estimate of drug-likeness (QED) is 0.0845. The van der Waals surface area contributed by atoms with Gasteiger partial charge in [-0.15, -0.1) is 0 Å². The minimum absolute atomic E-state index is 0.0897. The molecule has 2 fully saturated rings. The number of aromatic nitrogens is 4. The van der Waals surface area contributed by atoms with E-state index in [1.165, 1.54) is 14.2 Å². The van der Waals surface area contributed by atoms with Crippen LogP contribution < -0.4 is 15.4 Å². The second-order valence-electron chi connectivity index (χ2n) is 17.8. The Balaban J connectivity index is 1.04. The molecular formula is C50H58N8O8. The molecule has 0 saturated carbocycles. The zero-order valence-electron chi connectivity index (χ0n) is 38.5. The fourth-order valence-electron chi connectivity index (χ4n) is 9.54. The molecule has 5 heterocycles. The number of fused-ring (bicyclic) bond motifs is 6. The summed E-state index contributed by atoms with van der Waals surface area (Å²) >= 11 is 0. The van der Waals surface area contributed by atoms with E-state index in [4.69, 9.17) is 28.9 Å². The maximum absolute atomic E-state index is 14.1. The molecule has 0 unspecified atom stereocenters. The van der Waals surface area contributed by atoms with Crippen molar-refractivity contribution in [3.63, 3.8) is 0 Å². The van der Waals surface area contributed by atoms with Gasteiger partial charge in [-0.25, -0.2) is 19.6 Å². The summed E-state index contributed by atoms with van der Waals surface area (Å²) < 4.78 is 21.7. The number of alkyl carbamates (subject to hydrolysis) is 2. The second-order valence-corrected chi connectivity index (χ2v) is 17.8. The predicted octanol–water partition coefficient (Wildman–Crippen LogP) is 7.90. The van der Waals surface area contributed by atoms with Gasteiger partial charge in [0, 0.05) is 37.1 Å². The van der Waals surface area contributed by atoms with Crippen LogP contribution >= 0.6 is 0 Å². The molecule has 2 aromatic heterocycles. The maximum Gasteiger partial charge on any atom is 0.407 e. The number of imidazole rings is 2. The molecule has 4 amide bonds. The van der Waals surface area contributed by atoms with Crippen LogP contribution in [0.25, 0.3) is 44.2 Å². The highest BCUT2D eigenvalue weighted by Crippen LogP contribution is 2.44. The summed E-state index contributed by atoms with van der Waals surface area (Å²) in [5.74, 6) is 1.72. The standard InChI is InChI=1S/C50H58N8O8/c1-9-10-11-12-29(5)43(56-50(62)65-8)48(60)57-23-28(4)17-39(57)45-51-22-38(53-45)32-13-15-34-33(19-32)26-66-41-21-35-31(20-36(34)41)14-16-37-44(35)54-46(52-37)40-18-30(25-63-6)24-58(40)47(59)42(27(2)3)55-49(61)64-7/h9-16,19-22,27-28,30,39-40,42-43H,5,17-18,23-26H2,1-4,6-8H3,(H,51,53)(H,52,54)(H,55,61)(H,56,62)/b10-9-,12-11-/t28-,30-,39-,40-,42-,43+/m0/s1. The highest BCUT2D eigenvalue weighted by molar-refractivity contribution is 6.07. The SMILES string of the molecule is C=C(/C=C\C=C/C)[C@@H](NC(=O)OC)C(=O)N1C[C@@H](C)C[C@H]1c1ncc(-c2ccc3c(c2)COc2cc4c(ccc5nc([C@@H]6C[C@H](COC)CN6C(=O)[C@@H](NC(=O)OC)C(C)C)[nH]c54)cc2-3)[nH]1. The largest absolute Gasteiger partial charge is 0.488 e. The van der Waals surface area contributed by atoms with Crippen molar-refractivity contribution in [2.24, 2.45) is 17.8 Å². The number of nitrogens with zero attached hydrogens (tertiary/aromatic N) is 4. The van der Waals surface area contributed by atoms with Crippen molar-refractivity contribution in [1.29, 1.82) is 0 Å². The first-order valence-corrected chi connectivity index (χ1v) is 22.4. The minimum atomic E-state index is -1.01. The molecule has 3 aromatic carbocycles. The number of rotatable bonds is 13. The molecule has 3 aliphatic heterocycles. The second kappa shape index (κ2) is 19.3. The van der Waals surface area contributed by atoms with Gasteiger partial charge in [0.2, 0.25) is 5.91 Å². The first kappa shape index (κ1) is 45.6. The minimum Gasteiger partial charge on any atom is -0.488 e.